The number of nitrogens with zero attached hydrogens (tertiary/aromatic N) is 3. The molecule has 7 nitrogen and oxygen atoms in total. The predicted octanol–water partition coefficient (Wildman–Crippen LogP) is 4.35. The zero-order chi connectivity index (χ0) is 23.6. The number of benzene rings is 1. The van der Waals surface area contributed by atoms with Gasteiger partial charge in [0.2, 0.25) is 5.91 Å². The van der Waals surface area contributed by atoms with Crippen LogP contribution < -0.4 is 15.1 Å². The number of morpholine rings is 1. The number of rotatable bonds is 3. The van der Waals surface area contributed by atoms with Crippen LogP contribution in [0.3, 0.4) is 0 Å². The molecule has 1 N–H and O–H groups in total. The minimum atomic E-state index is -0.273. The molecule has 3 heterocycles. The Balaban J connectivity index is 1.29. The van der Waals surface area contributed by atoms with Crippen LogP contribution in [0.2, 0.25) is 0 Å². The molecule has 8 rings (SSSR count). The van der Waals surface area contributed by atoms with Crippen molar-refractivity contribution in [1.82, 2.24) is 4.98 Å². The van der Waals surface area contributed by atoms with Crippen LogP contribution in [-0.4, -0.2) is 50.4 Å². The second-order valence-electron chi connectivity index (χ2n) is 11.3. The lowest BCUT2D eigenvalue weighted by Gasteiger charge is -2.59. The van der Waals surface area contributed by atoms with E-state index in [0.717, 1.165) is 74.0 Å². The van der Waals surface area contributed by atoms with Gasteiger partial charge in [0.1, 0.15) is 5.82 Å². The van der Waals surface area contributed by atoms with Gasteiger partial charge < -0.3 is 24.6 Å². The molecular formula is C28H34N4O3. The Hall–Kier alpha value is -2.64. The van der Waals surface area contributed by atoms with Crippen molar-refractivity contribution in [1.29, 1.82) is 0 Å². The summed E-state index contributed by atoms with van der Waals surface area (Å²) >= 11 is 0. The van der Waals surface area contributed by atoms with Crippen LogP contribution in [0.5, 0.6) is 0 Å². The molecule has 35 heavy (non-hydrogen) atoms. The van der Waals surface area contributed by atoms with Crippen LogP contribution in [0.4, 0.5) is 22.9 Å². The van der Waals surface area contributed by atoms with Gasteiger partial charge in [-0.1, -0.05) is 6.07 Å². The molecule has 0 spiro atoms. The zero-order valence-corrected chi connectivity index (χ0v) is 20.4. The quantitative estimate of drug-likeness (QED) is 0.714. The predicted molar refractivity (Wildman–Crippen MR) is 135 cm³/mol. The smallest absolute Gasteiger partial charge is 0.233 e. The number of amides is 1. The van der Waals surface area contributed by atoms with E-state index < -0.39 is 0 Å². The molecule has 4 aliphatic carbocycles. The van der Waals surface area contributed by atoms with Gasteiger partial charge >= 0.3 is 0 Å². The SMILES string of the molecule is CO[C@H]1C2CC3CC1C[C@@](C(=O)N1Cc4cccnc4Nc4ccc(N5CCOCC5)cc41)(C3)C2. The molecule has 1 aromatic heterocycles. The van der Waals surface area contributed by atoms with E-state index in [1.54, 1.807) is 0 Å². The zero-order valence-electron chi connectivity index (χ0n) is 20.4. The highest BCUT2D eigenvalue weighted by Gasteiger charge is 2.59. The van der Waals surface area contributed by atoms with E-state index in [9.17, 15) is 4.79 Å². The number of hydrogen-bond donors (Lipinski definition) is 1. The first-order chi connectivity index (χ1) is 17.1. The molecule has 2 aromatic rings. The Kier molecular flexibility index (Phi) is 5.07. The summed E-state index contributed by atoms with van der Waals surface area (Å²) in [7, 11) is 1.86. The Morgan fingerprint density at radius 3 is 2.71 bits per heavy atom. The van der Waals surface area contributed by atoms with Gasteiger partial charge in [-0.25, -0.2) is 4.98 Å². The van der Waals surface area contributed by atoms with Crippen LogP contribution >= 0.6 is 0 Å². The third-order valence-corrected chi connectivity index (χ3v) is 9.28. The number of fused-ring (bicyclic) bond motifs is 2. The molecule has 7 heteroatoms. The largest absolute Gasteiger partial charge is 0.381 e. The van der Waals surface area contributed by atoms with Crippen molar-refractivity contribution in [3.63, 3.8) is 0 Å². The van der Waals surface area contributed by atoms with Crippen molar-refractivity contribution in [2.45, 2.75) is 44.8 Å². The fourth-order valence-electron chi connectivity index (χ4n) is 8.02. The molecule has 0 radical (unpaired) electrons. The van der Waals surface area contributed by atoms with Crippen LogP contribution in [-0.2, 0) is 20.8 Å². The summed E-state index contributed by atoms with van der Waals surface area (Å²) < 4.78 is 11.5. The molecule has 4 saturated carbocycles. The van der Waals surface area contributed by atoms with Gasteiger partial charge in [0.25, 0.3) is 0 Å². The number of anilines is 4. The first-order valence-electron chi connectivity index (χ1n) is 13.2. The standard InChI is InChI=1S/C28H34N4O3/c1-34-25-20-11-18-12-21(25)16-28(14-18,15-20)27(33)32-17-19-3-2-6-29-26(19)30-23-5-4-22(13-24(23)32)31-7-9-35-10-8-31/h2-6,13,18,20-21,25H,7-12,14-17H2,1H3,(H,29,30)/t18?,20?,21?,25-,28+. The Morgan fingerprint density at radius 2 is 1.94 bits per heavy atom. The average molecular weight is 475 g/mol. The maximum Gasteiger partial charge on any atom is 0.233 e. The van der Waals surface area contributed by atoms with Crippen LogP contribution in [0.1, 0.15) is 37.7 Å². The van der Waals surface area contributed by atoms with E-state index >= 15 is 0 Å². The van der Waals surface area contributed by atoms with E-state index in [-0.39, 0.29) is 5.41 Å². The lowest BCUT2D eigenvalue weighted by atomic mass is 9.48. The summed E-state index contributed by atoms with van der Waals surface area (Å²) in [5.74, 6) is 2.81. The monoisotopic (exact) mass is 474 g/mol. The van der Waals surface area contributed by atoms with Crippen molar-refractivity contribution in [3.8, 4) is 0 Å². The summed E-state index contributed by atoms with van der Waals surface area (Å²) in [5, 5.41) is 3.54. The van der Waals surface area contributed by atoms with Gasteiger partial charge in [-0.15, -0.1) is 0 Å². The average Bonchev–Trinajstić information content (AvgIpc) is 3.04. The lowest BCUT2D eigenvalue weighted by Crippen LogP contribution is -2.59. The van der Waals surface area contributed by atoms with Crippen molar-refractivity contribution in [2.75, 3.05) is 48.5 Å². The van der Waals surface area contributed by atoms with Crippen molar-refractivity contribution in [2.24, 2.45) is 23.2 Å². The fourth-order valence-corrected chi connectivity index (χ4v) is 8.02. The molecule has 2 unspecified atom stereocenters. The first kappa shape index (κ1) is 21.6. The second-order valence-corrected chi connectivity index (χ2v) is 11.3. The number of methoxy groups -OCH3 is 1. The highest BCUT2D eigenvalue weighted by molar-refractivity contribution is 6.02. The third-order valence-electron chi connectivity index (χ3n) is 9.28. The Labute approximate surface area is 206 Å². The van der Waals surface area contributed by atoms with Gasteiger partial charge in [0.05, 0.1) is 42.7 Å². The van der Waals surface area contributed by atoms with Crippen molar-refractivity contribution in [3.05, 3.63) is 42.1 Å². The number of carbonyl (C=O) groups excluding carboxylic acids is 1. The number of carbonyl (C=O) groups is 1. The number of aromatic nitrogens is 1. The molecular weight excluding hydrogens is 440 g/mol. The van der Waals surface area contributed by atoms with Crippen molar-refractivity contribution < 1.29 is 14.3 Å². The highest BCUT2D eigenvalue weighted by Crippen LogP contribution is 2.61. The maximum atomic E-state index is 14.7. The van der Waals surface area contributed by atoms with Gasteiger partial charge in [0.15, 0.2) is 0 Å². The fraction of sp³-hybridized carbons (Fsp3) is 0.571. The lowest BCUT2D eigenvalue weighted by molar-refractivity contribution is -0.166. The molecule has 1 aromatic carbocycles. The van der Waals surface area contributed by atoms with E-state index in [4.69, 9.17) is 9.47 Å². The first-order valence-corrected chi connectivity index (χ1v) is 13.2. The van der Waals surface area contributed by atoms with Crippen molar-refractivity contribution >= 4 is 28.8 Å². The minimum Gasteiger partial charge on any atom is -0.381 e. The van der Waals surface area contributed by atoms with Gasteiger partial charge in [-0.05, 0) is 74.1 Å². The summed E-state index contributed by atoms with van der Waals surface area (Å²) in [6.45, 7) is 3.76. The summed E-state index contributed by atoms with van der Waals surface area (Å²) in [6.07, 6.45) is 7.52. The van der Waals surface area contributed by atoms with Crippen LogP contribution in [0, 0.1) is 23.2 Å². The topological polar surface area (TPSA) is 66.9 Å². The normalized spacial score (nSPS) is 33.1. The van der Waals surface area contributed by atoms with E-state index in [2.05, 4.69) is 44.4 Å². The molecule has 4 bridgehead atoms. The van der Waals surface area contributed by atoms with Gasteiger partial charge in [-0.3, -0.25) is 4.79 Å². The molecule has 1 saturated heterocycles. The second kappa shape index (κ2) is 8.20. The number of hydrogen-bond acceptors (Lipinski definition) is 6. The summed E-state index contributed by atoms with van der Waals surface area (Å²) in [6, 6.07) is 10.5. The molecule has 2 aliphatic heterocycles. The van der Waals surface area contributed by atoms with Gasteiger partial charge in [-0.2, -0.15) is 0 Å². The highest BCUT2D eigenvalue weighted by atomic mass is 16.5. The Bertz CT molecular complexity index is 1130. The molecule has 5 fully saturated rings. The summed E-state index contributed by atoms with van der Waals surface area (Å²) in [5.41, 5.74) is 3.85. The number of nitrogens with one attached hydrogen (secondary N) is 1. The minimum absolute atomic E-state index is 0.273. The third kappa shape index (κ3) is 3.46. The van der Waals surface area contributed by atoms with Crippen LogP contribution in [0.25, 0.3) is 0 Å². The van der Waals surface area contributed by atoms with Crippen LogP contribution in [0.15, 0.2) is 36.5 Å². The molecule has 6 aliphatic rings. The van der Waals surface area contributed by atoms with E-state index in [1.807, 2.05) is 19.4 Å². The maximum absolute atomic E-state index is 14.7. The molecule has 2 atom stereocenters. The number of ether oxygens (including phenoxy) is 2. The Morgan fingerprint density at radius 1 is 1.14 bits per heavy atom. The molecule has 184 valence electrons. The van der Waals surface area contributed by atoms with Gasteiger partial charge in [0, 0.05) is 37.6 Å². The summed E-state index contributed by atoms with van der Waals surface area (Å²) in [4.78, 5) is 23.7. The van der Waals surface area contributed by atoms with E-state index in [1.165, 1.54) is 12.8 Å². The number of pyridine rings is 1. The molecule has 1 amide bonds. The van der Waals surface area contributed by atoms with E-state index in [0.29, 0.717) is 36.3 Å².